The molecule has 1 amide bonds. The second kappa shape index (κ2) is 6.51. The van der Waals surface area contributed by atoms with Crippen LogP contribution in [0.15, 0.2) is 0 Å². The van der Waals surface area contributed by atoms with Crippen LogP contribution < -0.4 is 0 Å². The fraction of sp³-hybridized carbons (Fsp3) is 0.833. The Hall–Kier alpha value is -1.06. The summed E-state index contributed by atoms with van der Waals surface area (Å²) in [4.78, 5) is 24.0. The Morgan fingerprint density at radius 2 is 2.06 bits per heavy atom. The topological polar surface area (TPSA) is 46.6 Å². The highest BCUT2D eigenvalue weighted by atomic mass is 16.5. The molecule has 1 aliphatic rings. The molecular weight excluding hydrogens is 206 g/mol. The Kier molecular flexibility index (Phi) is 5.29. The number of hydrogen-bond donors (Lipinski definition) is 0. The van der Waals surface area contributed by atoms with Crippen LogP contribution in [0.2, 0.25) is 0 Å². The van der Waals surface area contributed by atoms with Gasteiger partial charge in [0, 0.05) is 26.4 Å². The lowest BCUT2D eigenvalue weighted by Gasteiger charge is -2.23. The number of hydrogen-bond acceptors (Lipinski definition) is 3. The van der Waals surface area contributed by atoms with E-state index in [0.717, 1.165) is 25.8 Å². The van der Waals surface area contributed by atoms with Crippen molar-refractivity contribution in [3.05, 3.63) is 0 Å². The number of ether oxygens (including phenoxy) is 1. The zero-order valence-corrected chi connectivity index (χ0v) is 10.2. The SMILES string of the molecule is CCOC(=O)N(C)CCC1CCC(=O)CC1. The van der Waals surface area contributed by atoms with Gasteiger partial charge in [-0.2, -0.15) is 0 Å². The molecule has 1 fully saturated rings. The third-order valence-corrected chi connectivity index (χ3v) is 3.12. The van der Waals surface area contributed by atoms with Gasteiger partial charge in [-0.1, -0.05) is 0 Å². The molecule has 0 aliphatic heterocycles. The third kappa shape index (κ3) is 4.21. The van der Waals surface area contributed by atoms with Crippen molar-refractivity contribution in [3.63, 3.8) is 0 Å². The highest BCUT2D eigenvalue weighted by molar-refractivity contribution is 5.79. The normalized spacial score (nSPS) is 17.2. The number of rotatable bonds is 4. The predicted molar refractivity (Wildman–Crippen MR) is 61.2 cm³/mol. The summed E-state index contributed by atoms with van der Waals surface area (Å²) in [6, 6.07) is 0. The van der Waals surface area contributed by atoms with E-state index in [9.17, 15) is 9.59 Å². The quantitative estimate of drug-likeness (QED) is 0.739. The summed E-state index contributed by atoms with van der Waals surface area (Å²) in [6.45, 7) is 2.94. The van der Waals surface area contributed by atoms with Crippen LogP contribution in [0.1, 0.15) is 39.0 Å². The summed E-state index contributed by atoms with van der Waals surface area (Å²) < 4.78 is 4.89. The van der Waals surface area contributed by atoms with E-state index in [2.05, 4.69) is 0 Å². The number of nitrogens with zero attached hydrogens (tertiary/aromatic N) is 1. The highest BCUT2D eigenvalue weighted by Crippen LogP contribution is 2.24. The molecule has 1 saturated carbocycles. The first-order chi connectivity index (χ1) is 7.63. The zero-order chi connectivity index (χ0) is 12.0. The van der Waals surface area contributed by atoms with E-state index in [0.29, 0.717) is 31.1 Å². The molecule has 0 aromatic heterocycles. The van der Waals surface area contributed by atoms with Gasteiger partial charge in [0.05, 0.1) is 6.61 Å². The molecule has 0 unspecified atom stereocenters. The van der Waals surface area contributed by atoms with Crippen LogP contribution >= 0.6 is 0 Å². The number of carbonyl (C=O) groups excluding carboxylic acids is 2. The van der Waals surface area contributed by atoms with Crippen LogP contribution in [0.25, 0.3) is 0 Å². The molecule has 0 atom stereocenters. The van der Waals surface area contributed by atoms with Crippen molar-refractivity contribution in [3.8, 4) is 0 Å². The van der Waals surface area contributed by atoms with E-state index in [1.807, 2.05) is 0 Å². The van der Waals surface area contributed by atoms with Crippen molar-refractivity contribution in [1.82, 2.24) is 4.90 Å². The summed E-state index contributed by atoms with van der Waals surface area (Å²) >= 11 is 0. The molecule has 0 saturated heterocycles. The van der Waals surface area contributed by atoms with E-state index < -0.39 is 0 Å². The lowest BCUT2D eigenvalue weighted by Crippen LogP contribution is -2.30. The fourth-order valence-electron chi connectivity index (χ4n) is 1.99. The van der Waals surface area contributed by atoms with Crippen LogP contribution in [0.4, 0.5) is 4.79 Å². The average molecular weight is 227 g/mol. The van der Waals surface area contributed by atoms with Gasteiger partial charge in [0.2, 0.25) is 0 Å². The minimum absolute atomic E-state index is 0.255. The van der Waals surface area contributed by atoms with E-state index >= 15 is 0 Å². The van der Waals surface area contributed by atoms with Crippen molar-refractivity contribution < 1.29 is 14.3 Å². The molecule has 0 heterocycles. The first-order valence-electron chi connectivity index (χ1n) is 6.03. The van der Waals surface area contributed by atoms with Crippen LogP contribution in [-0.4, -0.2) is 37.0 Å². The van der Waals surface area contributed by atoms with Gasteiger partial charge >= 0.3 is 6.09 Å². The van der Waals surface area contributed by atoms with Gasteiger partial charge in [-0.15, -0.1) is 0 Å². The van der Waals surface area contributed by atoms with Gasteiger partial charge in [-0.3, -0.25) is 4.79 Å². The van der Waals surface area contributed by atoms with Crippen molar-refractivity contribution >= 4 is 11.9 Å². The maximum atomic E-state index is 11.3. The summed E-state index contributed by atoms with van der Waals surface area (Å²) in [5.74, 6) is 0.976. The van der Waals surface area contributed by atoms with Crippen LogP contribution in [0.5, 0.6) is 0 Å². The Morgan fingerprint density at radius 3 is 2.62 bits per heavy atom. The lowest BCUT2D eigenvalue weighted by atomic mass is 9.86. The van der Waals surface area contributed by atoms with E-state index in [-0.39, 0.29) is 6.09 Å². The van der Waals surface area contributed by atoms with Gasteiger partial charge in [-0.05, 0) is 32.1 Å². The van der Waals surface area contributed by atoms with Crippen LogP contribution in [-0.2, 0) is 9.53 Å². The summed E-state index contributed by atoms with van der Waals surface area (Å²) in [6.07, 6.45) is 4.12. The second-order valence-corrected chi connectivity index (χ2v) is 4.39. The second-order valence-electron chi connectivity index (χ2n) is 4.39. The summed E-state index contributed by atoms with van der Waals surface area (Å²) in [5.41, 5.74) is 0. The molecule has 0 N–H and O–H groups in total. The minimum Gasteiger partial charge on any atom is -0.450 e. The molecule has 16 heavy (non-hydrogen) atoms. The first-order valence-corrected chi connectivity index (χ1v) is 6.03. The molecule has 92 valence electrons. The minimum atomic E-state index is -0.255. The van der Waals surface area contributed by atoms with E-state index in [1.165, 1.54) is 0 Å². The third-order valence-electron chi connectivity index (χ3n) is 3.12. The van der Waals surface area contributed by atoms with Gasteiger partial charge in [0.1, 0.15) is 5.78 Å². The highest BCUT2D eigenvalue weighted by Gasteiger charge is 2.19. The van der Waals surface area contributed by atoms with Gasteiger partial charge in [0.15, 0.2) is 0 Å². The Bertz CT molecular complexity index is 243. The zero-order valence-electron chi connectivity index (χ0n) is 10.2. The molecule has 0 spiro atoms. The van der Waals surface area contributed by atoms with E-state index in [4.69, 9.17) is 4.74 Å². The molecule has 0 radical (unpaired) electrons. The predicted octanol–water partition coefficient (Wildman–Crippen LogP) is 2.22. The summed E-state index contributed by atoms with van der Waals surface area (Å²) in [5, 5.41) is 0. The maximum Gasteiger partial charge on any atom is 0.409 e. The Morgan fingerprint density at radius 1 is 1.44 bits per heavy atom. The first kappa shape index (κ1) is 13.0. The molecule has 0 aromatic rings. The Labute approximate surface area is 96.9 Å². The van der Waals surface area contributed by atoms with Crippen molar-refractivity contribution in [2.45, 2.75) is 39.0 Å². The average Bonchev–Trinajstić information content (AvgIpc) is 2.28. The number of carbonyl (C=O) groups is 2. The summed E-state index contributed by atoms with van der Waals surface area (Å²) in [7, 11) is 1.76. The number of Topliss-reactive ketones (excluding diaryl/α,β-unsaturated/α-hetero) is 1. The van der Waals surface area contributed by atoms with Crippen LogP contribution in [0.3, 0.4) is 0 Å². The van der Waals surface area contributed by atoms with Crippen molar-refractivity contribution in [1.29, 1.82) is 0 Å². The fourth-order valence-corrected chi connectivity index (χ4v) is 1.99. The van der Waals surface area contributed by atoms with Gasteiger partial charge in [-0.25, -0.2) is 4.79 Å². The molecule has 1 aliphatic carbocycles. The standard InChI is InChI=1S/C12H21NO3/c1-3-16-12(15)13(2)9-8-10-4-6-11(14)7-5-10/h10H,3-9H2,1-2H3. The van der Waals surface area contributed by atoms with Gasteiger partial charge in [0.25, 0.3) is 0 Å². The van der Waals surface area contributed by atoms with Gasteiger partial charge < -0.3 is 9.64 Å². The van der Waals surface area contributed by atoms with Crippen LogP contribution in [0, 0.1) is 5.92 Å². The molecule has 0 bridgehead atoms. The number of ketones is 1. The van der Waals surface area contributed by atoms with Crippen molar-refractivity contribution in [2.24, 2.45) is 5.92 Å². The molecule has 4 nitrogen and oxygen atoms in total. The van der Waals surface area contributed by atoms with Crippen molar-refractivity contribution in [2.75, 3.05) is 20.2 Å². The molecule has 0 aromatic carbocycles. The lowest BCUT2D eigenvalue weighted by molar-refractivity contribution is -0.121. The van der Waals surface area contributed by atoms with E-state index in [1.54, 1.807) is 18.9 Å². The maximum absolute atomic E-state index is 11.3. The monoisotopic (exact) mass is 227 g/mol. The Balaban J connectivity index is 2.18. The molecular formula is C12H21NO3. The molecule has 1 rings (SSSR count). The largest absolute Gasteiger partial charge is 0.450 e. The number of amides is 1. The molecule has 4 heteroatoms. The smallest absolute Gasteiger partial charge is 0.409 e.